The van der Waals surface area contributed by atoms with Gasteiger partial charge in [-0.1, -0.05) is 0 Å². The van der Waals surface area contributed by atoms with E-state index in [0.717, 1.165) is 18.2 Å². The van der Waals surface area contributed by atoms with Crippen LogP contribution in [0.4, 0.5) is 8.78 Å². The highest BCUT2D eigenvalue weighted by Crippen LogP contribution is 2.36. The normalized spacial score (nSPS) is 12.4. The van der Waals surface area contributed by atoms with Crippen LogP contribution < -0.4 is 21.0 Å². The summed E-state index contributed by atoms with van der Waals surface area (Å²) in [5, 5.41) is 23.2. The molecule has 1 amide bonds. The lowest BCUT2D eigenvalue weighted by atomic mass is 10.1. The van der Waals surface area contributed by atoms with E-state index in [1.165, 1.54) is 22.5 Å². The molecule has 1 aliphatic heterocycles. The minimum absolute atomic E-state index is 0.0329. The standard InChI is InChI=1S/C22H17F2N3O5S/c23-12-2-3-15(24)13(5-12)16-4-1-11(6-25-16)8-27-17-10-33-9-14(17)20(30)19(22(27)32)21(31)26-7-18(28)29/h1-6,30H,7-10H2,(H,26,31)(H,28,29). The van der Waals surface area contributed by atoms with Gasteiger partial charge < -0.3 is 24.9 Å². The Morgan fingerprint density at radius 1 is 1.21 bits per heavy atom. The first-order valence-electron chi connectivity index (χ1n) is 9.75. The van der Waals surface area contributed by atoms with Gasteiger partial charge in [0, 0.05) is 34.4 Å². The third-order valence-electron chi connectivity index (χ3n) is 5.20. The zero-order valence-corrected chi connectivity index (χ0v) is 17.8. The van der Waals surface area contributed by atoms with Crippen LogP contribution in [-0.4, -0.2) is 28.1 Å². The number of amides is 1. The summed E-state index contributed by atoms with van der Waals surface area (Å²) >= 11 is 1.45. The highest BCUT2D eigenvalue weighted by atomic mass is 32.2. The third kappa shape index (κ3) is 4.44. The van der Waals surface area contributed by atoms with Crippen molar-refractivity contribution < 1.29 is 33.6 Å². The van der Waals surface area contributed by atoms with Gasteiger partial charge in [-0.05, 0) is 24.3 Å². The SMILES string of the molecule is O=C([O-])CNC(=O)c1c(O)c2c(n(Cc3ccc(-c4cc(F)ccc4F)[nH+]c3)c1=O)CSC2. The Labute approximate surface area is 189 Å². The molecule has 170 valence electrons. The van der Waals surface area contributed by atoms with Gasteiger partial charge in [0.2, 0.25) is 5.69 Å². The molecule has 0 fully saturated rings. The van der Waals surface area contributed by atoms with Crippen molar-refractivity contribution >= 4 is 23.6 Å². The Morgan fingerprint density at radius 2 is 2.00 bits per heavy atom. The number of carboxylic acid groups (broad SMARTS) is 1. The molecular formula is C22H17F2N3O5S. The molecule has 2 aromatic heterocycles. The van der Waals surface area contributed by atoms with Crippen LogP contribution in [0, 0.1) is 11.6 Å². The largest absolute Gasteiger partial charge is 0.548 e. The first-order valence-corrected chi connectivity index (χ1v) is 10.9. The van der Waals surface area contributed by atoms with E-state index in [1.807, 2.05) is 5.32 Å². The molecule has 0 atom stereocenters. The number of hydrogen-bond acceptors (Lipinski definition) is 6. The van der Waals surface area contributed by atoms with Gasteiger partial charge in [0.05, 0.1) is 24.6 Å². The lowest BCUT2D eigenvalue weighted by Crippen LogP contribution is -2.41. The van der Waals surface area contributed by atoms with Crippen LogP contribution in [0.2, 0.25) is 0 Å². The van der Waals surface area contributed by atoms with Gasteiger partial charge in [0.1, 0.15) is 22.9 Å². The highest BCUT2D eigenvalue weighted by molar-refractivity contribution is 7.98. The Hall–Kier alpha value is -3.73. The van der Waals surface area contributed by atoms with Crippen molar-refractivity contribution in [1.29, 1.82) is 0 Å². The van der Waals surface area contributed by atoms with Crippen molar-refractivity contribution in [2.24, 2.45) is 0 Å². The number of aromatic amines is 1. The van der Waals surface area contributed by atoms with Gasteiger partial charge in [-0.25, -0.2) is 13.8 Å². The molecule has 0 unspecified atom stereocenters. The van der Waals surface area contributed by atoms with Crippen molar-refractivity contribution in [3.63, 3.8) is 0 Å². The number of aromatic hydroxyl groups is 1. The molecule has 0 radical (unpaired) electrons. The molecule has 0 saturated carbocycles. The molecule has 4 rings (SSSR count). The molecular weight excluding hydrogens is 456 g/mol. The predicted molar refractivity (Wildman–Crippen MR) is 112 cm³/mol. The Kier molecular flexibility index (Phi) is 6.14. The average Bonchev–Trinajstić information content (AvgIpc) is 3.28. The van der Waals surface area contributed by atoms with Crippen LogP contribution in [0.25, 0.3) is 11.3 Å². The fourth-order valence-electron chi connectivity index (χ4n) is 3.60. The van der Waals surface area contributed by atoms with Gasteiger partial charge in [0.25, 0.3) is 11.5 Å². The summed E-state index contributed by atoms with van der Waals surface area (Å²) in [6.07, 6.45) is 1.53. The van der Waals surface area contributed by atoms with Gasteiger partial charge in [0.15, 0.2) is 6.20 Å². The number of carbonyl (C=O) groups is 2. The van der Waals surface area contributed by atoms with Crippen molar-refractivity contribution in [2.45, 2.75) is 18.1 Å². The molecule has 3 aromatic rings. The molecule has 3 N–H and O–H groups in total. The number of pyridine rings is 2. The smallest absolute Gasteiger partial charge is 0.267 e. The maximum absolute atomic E-state index is 14.0. The molecule has 0 spiro atoms. The van der Waals surface area contributed by atoms with Gasteiger partial charge >= 0.3 is 0 Å². The fourth-order valence-corrected chi connectivity index (χ4v) is 4.73. The number of nitrogens with one attached hydrogen (secondary N) is 2. The Morgan fingerprint density at radius 3 is 2.70 bits per heavy atom. The van der Waals surface area contributed by atoms with Crippen LogP contribution in [0.1, 0.15) is 27.2 Å². The Bertz CT molecular complexity index is 1330. The number of thioether (sulfide) groups is 1. The van der Waals surface area contributed by atoms with Crippen molar-refractivity contribution in [2.75, 3.05) is 6.54 Å². The van der Waals surface area contributed by atoms with Crippen molar-refractivity contribution in [3.8, 4) is 17.0 Å². The number of carbonyl (C=O) groups excluding carboxylic acids is 2. The van der Waals surface area contributed by atoms with Gasteiger partial charge in [-0.3, -0.25) is 9.59 Å². The quantitative estimate of drug-likeness (QED) is 0.540. The Balaban J connectivity index is 1.70. The van der Waals surface area contributed by atoms with Crippen molar-refractivity contribution in [1.82, 2.24) is 9.88 Å². The monoisotopic (exact) mass is 473 g/mol. The number of nitrogens with zero attached hydrogens (tertiary/aromatic N) is 1. The van der Waals surface area contributed by atoms with E-state index in [1.54, 1.807) is 12.1 Å². The average molecular weight is 473 g/mol. The lowest BCUT2D eigenvalue weighted by molar-refractivity contribution is -0.365. The third-order valence-corrected chi connectivity index (χ3v) is 6.17. The van der Waals surface area contributed by atoms with Crippen LogP contribution in [0.3, 0.4) is 0 Å². The minimum atomic E-state index is -1.54. The number of halogens is 2. The maximum atomic E-state index is 14.0. The van der Waals surface area contributed by atoms with Crippen LogP contribution in [0.5, 0.6) is 5.75 Å². The highest BCUT2D eigenvalue weighted by Gasteiger charge is 2.28. The number of fused-ring (bicyclic) bond motifs is 1. The molecule has 1 aromatic carbocycles. The summed E-state index contributed by atoms with van der Waals surface area (Å²) in [4.78, 5) is 39.0. The summed E-state index contributed by atoms with van der Waals surface area (Å²) in [7, 11) is 0. The molecule has 0 bridgehead atoms. The second-order valence-corrected chi connectivity index (χ2v) is 8.31. The minimum Gasteiger partial charge on any atom is -0.548 e. The summed E-state index contributed by atoms with van der Waals surface area (Å²) in [6.45, 7) is -0.776. The predicted octanol–water partition coefficient (Wildman–Crippen LogP) is 0.588. The second kappa shape index (κ2) is 9.02. The summed E-state index contributed by atoms with van der Waals surface area (Å²) in [5.74, 6) is -3.38. The molecule has 3 heterocycles. The number of H-pyrrole nitrogens is 1. The van der Waals surface area contributed by atoms with Crippen LogP contribution in [-0.2, 0) is 22.8 Å². The van der Waals surface area contributed by atoms with E-state index in [9.17, 15) is 33.4 Å². The second-order valence-electron chi connectivity index (χ2n) is 7.32. The number of carboxylic acids is 1. The van der Waals surface area contributed by atoms with E-state index in [2.05, 4.69) is 4.98 Å². The molecule has 0 saturated heterocycles. The topological polar surface area (TPSA) is 126 Å². The first-order chi connectivity index (χ1) is 15.8. The van der Waals surface area contributed by atoms with Gasteiger partial charge in [-0.2, -0.15) is 11.8 Å². The first kappa shape index (κ1) is 22.5. The summed E-state index contributed by atoms with van der Waals surface area (Å²) in [6, 6.07) is 6.27. The maximum Gasteiger partial charge on any atom is 0.267 e. The zero-order chi connectivity index (χ0) is 23.7. The van der Waals surface area contributed by atoms with Gasteiger partial charge in [-0.15, -0.1) is 0 Å². The fraction of sp³-hybridized carbons (Fsp3) is 0.182. The summed E-state index contributed by atoms with van der Waals surface area (Å²) in [5.41, 5.74) is 0.651. The van der Waals surface area contributed by atoms with E-state index >= 15 is 0 Å². The summed E-state index contributed by atoms with van der Waals surface area (Å²) < 4.78 is 28.9. The number of benzene rings is 1. The zero-order valence-electron chi connectivity index (χ0n) is 17.0. The van der Waals surface area contributed by atoms with E-state index in [-0.39, 0.29) is 12.1 Å². The lowest BCUT2D eigenvalue weighted by Gasteiger charge is -2.16. The number of aromatic nitrogens is 2. The van der Waals surface area contributed by atoms with Crippen LogP contribution >= 0.6 is 11.8 Å². The van der Waals surface area contributed by atoms with E-state index in [0.29, 0.717) is 34.0 Å². The van der Waals surface area contributed by atoms with E-state index in [4.69, 9.17) is 0 Å². The molecule has 11 heteroatoms. The molecule has 0 aliphatic carbocycles. The number of aliphatic carboxylic acids is 1. The molecule has 8 nitrogen and oxygen atoms in total. The van der Waals surface area contributed by atoms with E-state index < -0.39 is 46.9 Å². The molecule has 33 heavy (non-hydrogen) atoms. The number of hydrogen-bond donors (Lipinski definition) is 2. The van der Waals surface area contributed by atoms with Crippen molar-refractivity contribution in [3.05, 3.63) is 80.9 Å². The number of rotatable bonds is 6. The molecule has 1 aliphatic rings. The van der Waals surface area contributed by atoms with Crippen LogP contribution in [0.15, 0.2) is 41.3 Å².